The Morgan fingerprint density at radius 2 is 1.61 bits per heavy atom. The molecular weight excluding hydrogens is 348 g/mol. The summed E-state index contributed by atoms with van der Waals surface area (Å²) in [5, 5.41) is 0. The molecule has 148 valence electrons. The van der Waals surface area contributed by atoms with Crippen molar-refractivity contribution in [2.75, 3.05) is 27.2 Å². The highest BCUT2D eigenvalue weighted by Gasteiger charge is 2.42. The third-order valence-electron chi connectivity index (χ3n) is 5.81. The maximum atomic E-state index is 13.1. The van der Waals surface area contributed by atoms with Crippen LogP contribution in [0.4, 0.5) is 0 Å². The van der Waals surface area contributed by atoms with Crippen LogP contribution in [-0.2, 0) is 16.0 Å². The zero-order chi connectivity index (χ0) is 20.1. The Morgan fingerprint density at radius 3 is 2.21 bits per heavy atom. The van der Waals surface area contributed by atoms with Gasteiger partial charge in [0.2, 0.25) is 11.8 Å². The maximum Gasteiger partial charge on any atom is 0.228 e. The predicted molar refractivity (Wildman–Crippen MR) is 113 cm³/mol. The Kier molecular flexibility index (Phi) is 6.18. The van der Waals surface area contributed by atoms with Gasteiger partial charge in [0, 0.05) is 33.6 Å². The third kappa shape index (κ3) is 4.27. The third-order valence-corrected chi connectivity index (χ3v) is 5.81. The second-order valence-electron chi connectivity index (χ2n) is 7.96. The van der Waals surface area contributed by atoms with Crippen molar-refractivity contribution in [1.82, 2.24) is 9.80 Å². The lowest BCUT2D eigenvalue weighted by molar-refractivity contribution is -0.146. The molecule has 1 fully saturated rings. The summed E-state index contributed by atoms with van der Waals surface area (Å²) >= 11 is 0. The van der Waals surface area contributed by atoms with Crippen LogP contribution >= 0.6 is 0 Å². The minimum absolute atomic E-state index is 0.168. The van der Waals surface area contributed by atoms with Gasteiger partial charge in [0.1, 0.15) is 0 Å². The summed E-state index contributed by atoms with van der Waals surface area (Å²) in [7, 11) is 3.65. The molecular formula is C24H30N2O2. The van der Waals surface area contributed by atoms with Gasteiger partial charge in [-0.2, -0.15) is 0 Å². The van der Waals surface area contributed by atoms with Crippen LogP contribution < -0.4 is 0 Å². The molecule has 0 aliphatic carbocycles. The van der Waals surface area contributed by atoms with Gasteiger partial charge in [-0.1, -0.05) is 61.5 Å². The lowest BCUT2D eigenvalue weighted by Gasteiger charge is -2.42. The monoisotopic (exact) mass is 378 g/mol. The Labute approximate surface area is 168 Å². The summed E-state index contributed by atoms with van der Waals surface area (Å²) in [5.41, 5.74) is 3.08. The van der Waals surface area contributed by atoms with E-state index >= 15 is 0 Å². The van der Waals surface area contributed by atoms with Crippen LogP contribution in [0.3, 0.4) is 0 Å². The molecule has 0 saturated carbocycles. The fourth-order valence-corrected chi connectivity index (χ4v) is 4.23. The van der Waals surface area contributed by atoms with Crippen LogP contribution in [-0.4, -0.2) is 48.8 Å². The largest absolute Gasteiger partial charge is 0.348 e. The topological polar surface area (TPSA) is 40.6 Å². The molecule has 0 aromatic heterocycles. The number of carbonyl (C=O) groups excluding carboxylic acids is 2. The Bertz CT molecular complexity index is 822. The van der Waals surface area contributed by atoms with Gasteiger partial charge in [0.05, 0.1) is 5.41 Å². The second-order valence-corrected chi connectivity index (χ2v) is 7.96. The van der Waals surface area contributed by atoms with E-state index < -0.39 is 5.41 Å². The molecule has 0 spiro atoms. The summed E-state index contributed by atoms with van der Waals surface area (Å²) in [5.74, 6) is 0.346. The fraction of sp³-hybridized carbons (Fsp3) is 0.417. The van der Waals surface area contributed by atoms with Crippen molar-refractivity contribution in [3.05, 3.63) is 60.2 Å². The molecule has 1 saturated heterocycles. The van der Waals surface area contributed by atoms with Gasteiger partial charge in [0.25, 0.3) is 0 Å². The molecule has 0 bridgehead atoms. The Balaban J connectivity index is 1.85. The molecule has 2 aromatic carbocycles. The highest BCUT2D eigenvalue weighted by Crippen LogP contribution is 2.37. The zero-order valence-corrected chi connectivity index (χ0v) is 17.1. The minimum atomic E-state index is -0.441. The Hall–Kier alpha value is -2.62. The van der Waals surface area contributed by atoms with E-state index in [1.54, 1.807) is 4.90 Å². The van der Waals surface area contributed by atoms with Gasteiger partial charge in [-0.3, -0.25) is 9.59 Å². The first-order valence-electron chi connectivity index (χ1n) is 10.1. The smallest absolute Gasteiger partial charge is 0.228 e. The normalized spacial score (nSPS) is 15.9. The van der Waals surface area contributed by atoms with Crippen LogP contribution in [0.15, 0.2) is 54.6 Å². The first kappa shape index (κ1) is 20.1. The maximum absolute atomic E-state index is 13.1. The molecule has 1 aliphatic heterocycles. The van der Waals surface area contributed by atoms with E-state index in [2.05, 4.69) is 36.4 Å². The molecule has 4 heteroatoms. The molecule has 1 aliphatic rings. The van der Waals surface area contributed by atoms with Crippen LogP contribution in [0.5, 0.6) is 0 Å². The lowest BCUT2D eigenvalue weighted by atomic mass is 9.72. The van der Waals surface area contributed by atoms with Gasteiger partial charge < -0.3 is 9.80 Å². The highest BCUT2D eigenvalue weighted by atomic mass is 16.2. The van der Waals surface area contributed by atoms with Gasteiger partial charge in [0.15, 0.2) is 0 Å². The summed E-state index contributed by atoms with van der Waals surface area (Å²) in [4.78, 5) is 28.8. The van der Waals surface area contributed by atoms with Gasteiger partial charge >= 0.3 is 0 Å². The first-order chi connectivity index (χ1) is 13.4. The second kappa shape index (κ2) is 8.59. The number of rotatable bonds is 5. The van der Waals surface area contributed by atoms with Crippen molar-refractivity contribution in [2.45, 2.75) is 32.6 Å². The number of nitrogens with zero attached hydrogens (tertiary/aromatic N) is 2. The van der Waals surface area contributed by atoms with E-state index in [1.807, 2.05) is 44.1 Å². The van der Waals surface area contributed by atoms with Crippen molar-refractivity contribution in [1.29, 1.82) is 0 Å². The molecule has 4 nitrogen and oxygen atoms in total. The summed E-state index contributed by atoms with van der Waals surface area (Å²) < 4.78 is 0. The van der Waals surface area contributed by atoms with Gasteiger partial charge in [-0.05, 0) is 36.0 Å². The fourth-order valence-electron chi connectivity index (χ4n) is 4.23. The van der Waals surface area contributed by atoms with E-state index in [9.17, 15) is 9.59 Å². The van der Waals surface area contributed by atoms with E-state index in [0.717, 1.165) is 0 Å². The molecule has 1 heterocycles. The number of amides is 2. The number of piperidine rings is 1. The number of hydrogen-bond donors (Lipinski definition) is 0. The number of likely N-dealkylation sites (tertiary alicyclic amines) is 1. The number of carbonyl (C=O) groups is 2. The van der Waals surface area contributed by atoms with Crippen molar-refractivity contribution < 1.29 is 9.59 Å². The van der Waals surface area contributed by atoms with Crippen LogP contribution in [0.2, 0.25) is 0 Å². The SMILES string of the molecule is CCC(=O)N1CCC(Cc2cccc(-c3ccccc3)c2)(C(=O)N(C)C)CC1. The minimum Gasteiger partial charge on any atom is -0.348 e. The molecule has 28 heavy (non-hydrogen) atoms. The molecule has 2 amide bonds. The average molecular weight is 379 g/mol. The van der Waals surface area contributed by atoms with Crippen molar-refractivity contribution in [3.8, 4) is 11.1 Å². The van der Waals surface area contributed by atoms with Crippen molar-refractivity contribution >= 4 is 11.8 Å². The number of hydrogen-bond acceptors (Lipinski definition) is 2. The standard InChI is InChI=1S/C24H30N2O2/c1-4-22(27)26-15-13-24(14-16-26,23(28)25(2)3)18-19-9-8-12-21(17-19)20-10-6-5-7-11-20/h5-12,17H,4,13-16,18H2,1-3H3. The summed E-state index contributed by atoms with van der Waals surface area (Å²) in [6.07, 6.45) is 2.66. The molecule has 0 atom stereocenters. The first-order valence-corrected chi connectivity index (χ1v) is 10.1. The van der Waals surface area contributed by atoms with E-state index in [0.29, 0.717) is 38.8 Å². The summed E-state index contributed by atoms with van der Waals surface area (Å²) in [6.45, 7) is 3.21. The average Bonchev–Trinajstić information content (AvgIpc) is 2.74. The van der Waals surface area contributed by atoms with E-state index in [1.165, 1.54) is 16.7 Å². The highest BCUT2D eigenvalue weighted by molar-refractivity contribution is 5.83. The van der Waals surface area contributed by atoms with E-state index in [4.69, 9.17) is 0 Å². The lowest BCUT2D eigenvalue weighted by Crippen LogP contribution is -2.50. The predicted octanol–water partition coefficient (Wildman–Crippen LogP) is 4.00. The van der Waals surface area contributed by atoms with Crippen LogP contribution in [0, 0.1) is 5.41 Å². The molecule has 0 radical (unpaired) electrons. The quantitative estimate of drug-likeness (QED) is 0.789. The molecule has 2 aromatic rings. The zero-order valence-electron chi connectivity index (χ0n) is 17.1. The van der Waals surface area contributed by atoms with Gasteiger partial charge in [-0.25, -0.2) is 0 Å². The van der Waals surface area contributed by atoms with Crippen molar-refractivity contribution in [2.24, 2.45) is 5.41 Å². The molecule has 0 N–H and O–H groups in total. The van der Waals surface area contributed by atoms with E-state index in [-0.39, 0.29) is 11.8 Å². The van der Waals surface area contributed by atoms with Crippen molar-refractivity contribution in [3.63, 3.8) is 0 Å². The molecule has 0 unspecified atom stereocenters. The summed E-state index contributed by atoms with van der Waals surface area (Å²) in [6, 6.07) is 18.8. The van der Waals surface area contributed by atoms with Crippen LogP contribution in [0.25, 0.3) is 11.1 Å². The van der Waals surface area contributed by atoms with Crippen LogP contribution in [0.1, 0.15) is 31.7 Å². The molecule has 3 rings (SSSR count). The Morgan fingerprint density at radius 1 is 0.964 bits per heavy atom. The number of benzene rings is 2. The van der Waals surface area contributed by atoms with Gasteiger partial charge in [-0.15, -0.1) is 0 Å².